The number of rotatable bonds is 13. The number of unbranched alkanes of at least 4 members (excludes halogenated alkanes) is 5. The first-order chi connectivity index (χ1) is 15.3. The van der Waals surface area contributed by atoms with Crippen LogP contribution in [0.2, 0.25) is 0 Å². The number of nitrogens with zero attached hydrogens (tertiary/aromatic N) is 2. The Morgan fingerprint density at radius 1 is 0.613 bits per heavy atom. The number of hydrogen-bond acceptors (Lipinski definition) is 3. The standard InChI is InChI=1S/C28H36N2O/c1-3-5-7-8-9-11-25-20-29-28(30-21-25)26-16-18-27(19-17-26)31-22-24-14-12-23(13-15-24)10-6-4-2/h12-21H,3-11,22H2,1-2H3. The van der Waals surface area contributed by atoms with E-state index in [4.69, 9.17) is 4.74 Å². The van der Waals surface area contributed by atoms with Crippen LogP contribution in [0.15, 0.2) is 60.9 Å². The van der Waals surface area contributed by atoms with E-state index in [9.17, 15) is 0 Å². The van der Waals surface area contributed by atoms with Crippen LogP contribution in [0.1, 0.15) is 75.5 Å². The molecule has 1 aromatic heterocycles. The zero-order valence-corrected chi connectivity index (χ0v) is 19.1. The normalized spacial score (nSPS) is 10.9. The van der Waals surface area contributed by atoms with E-state index in [-0.39, 0.29) is 0 Å². The first kappa shape index (κ1) is 23.0. The van der Waals surface area contributed by atoms with E-state index in [2.05, 4.69) is 48.1 Å². The van der Waals surface area contributed by atoms with E-state index >= 15 is 0 Å². The molecular weight excluding hydrogens is 380 g/mol. The number of aryl methyl sites for hydroxylation is 2. The molecule has 0 aliphatic rings. The number of aromatic nitrogens is 2. The highest BCUT2D eigenvalue weighted by Gasteiger charge is 2.04. The van der Waals surface area contributed by atoms with Gasteiger partial charge in [0, 0.05) is 18.0 Å². The number of hydrogen-bond donors (Lipinski definition) is 0. The molecule has 0 spiro atoms. The molecule has 0 fully saturated rings. The van der Waals surface area contributed by atoms with Crippen LogP contribution < -0.4 is 4.74 Å². The van der Waals surface area contributed by atoms with E-state index in [0.717, 1.165) is 30.0 Å². The Balaban J connectivity index is 1.47. The fourth-order valence-corrected chi connectivity index (χ4v) is 3.62. The SMILES string of the molecule is CCCCCCCc1cnc(-c2ccc(OCc3ccc(CCCC)cc3)cc2)nc1. The third-order valence-electron chi connectivity index (χ3n) is 5.63. The Hall–Kier alpha value is -2.68. The summed E-state index contributed by atoms with van der Waals surface area (Å²) in [6.45, 7) is 5.06. The smallest absolute Gasteiger partial charge is 0.159 e. The second-order valence-electron chi connectivity index (χ2n) is 8.31. The predicted molar refractivity (Wildman–Crippen MR) is 129 cm³/mol. The molecule has 3 aromatic rings. The van der Waals surface area contributed by atoms with Gasteiger partial charge in [-0.3, -0.25) is 0 Å². The molecule has 2 aromatic carbocycles. The van der Waals surface area contributed by atoms with Gasteiger partial charge in [0.2, 0.25) is 0 Å². The van der Waals surface area contributed by atoms with E-state index in [1.807, 2.05) is 36.7 Å². The number of ether oxygens (including phenoxy) is 1. The third kappa shape index (κ3) is 7.82. The van der Waals surface area contributed by atoms with E-state index < -0.39 is 0 Å². The van der Waals surface area contributed by atoms with Gasteiger partial charge in [-0.1, -0.05) is 70.2 Å². The van der Waals surface area contributed by atoms with Crippen molar-refractivity contribution in [1.29, 1.82) is 0 Å². The van der Waals surface area contributed by atoms with Gasteiger partial charge < -0.3 is 4.74 Å². The Morgan fingerprint density at radius 2 is 1.23 bits per heavy atom. The average molecular weight is 417 g/mol. The summed E-state index contributed by atoms with van der Waals surface area (Å²) in [4.78, 5) is 9.13. The molecule has 164 valence electrons. The van der Waals surface area contributed by atoms with Crippen molar-refractivity contribution in [2.75, 3.05) is 0 Å². The molecule has 0 radical (unpaired) electrons. The summed E-state index contributed by atoms with van der Waals surface area (Å²) in [5, 5.41) is 0. The van der Waals surface area contributed by atoms with Crippen LogP contribution in [-0.4, -0.2) is 9.97 Å². The summed E-state index contributed by atoms with van der Waals surface area (Å²) in [6, 6.07) is 16.8. The molecule has 0 saturated heterocycles. The van der Waals surface area contributed by atoms with Crippen LogP contribution in [0.4, 0.5) is 0 Å². The van der Waals surface area contributed by atoms with Crippen LogP contribution >= 0.6 is 0 Å². The number of benzene rings is 2. The minimum absolute atomic E-state index is 0.580. The van der Waals surface area contributed by atoms with Crippen molar-refractivity contribution >= 4 is 0 Å². The second-order valence-corrected chi connectivity index (χ2v) is 8.31. The molecule has 3 rings (SSSR count). The van der Waals surface area contributed by atoms with E-state index in [0.29, 0.717) is 6.61 Å². The molecule has 3 heteroatoms. The lowest BCUT2D eigenvalue weighted by Crippen LogP contribution is -1.96. The monoisotopic (exact) mass is 416 g/mol. The van der Waals surface area contributed by atoms with Gasteiger partial charge in [-0.15, -0.1) is 0 Å². The van der Waals surface area contributed by atoms with Crippen LogP contribution in [0.5, 0.6) is 5.75 Å². The van der Waals surface area contributed by atoms with Gasteiger partial charge in [-0.2, -0.15) is 0 Å². The molecule has 31 heavy (non-hydrogen) atoms. The average Bonchev–Trinajstić information content (AvgIpc) is 2.83. The van der Waals surface area contributed by atoms with Gasteiger partial charge in [0.1, 0.15) is 12.4 Å². The van der Waals surface area contributed by atoms with Crippen molar-refractivity contribution in [3.05, 3.63) is 77.6 Å². The lowest BCUT2D eigenvalue weighted by atomic mass is 10.1. The van der Waals surface area contributed by atoms with Crippen molar-refractivity contribution in [2.45, 2.75) is 78.2 Å². The van der Waals surface area contributed by atoms with E-state index in [1.165, 1.54) is 61.6 Å². The highest BCUT2D eigenvalue weighted by Crippen LogP contribution is 2.20. The zero-order valence-electron chi connectivity index (χ0n) is 19.1. The van der Waals surface area contributed by atoms with Crippen LogP contribution in [0.25, 0.3) is 11.4 Å². The van der Waals surface area contributed by atoms with Crippen molar-refractivity contribution in [1.82, 2.24) is 9.97 Å². The minimum atomic E-state index is 0.580. The molecule has 3 nitrogen and oxygen atoms in total. The lowest BCUT2D eigenvalue weighted by Gasteiger charge is -2.08. The highest BCUT2D eigenvalue weighted by molar-refractivity contribution is 5.55. The molecule has 0 saturated carbocycles. The van der Waals surface area contributed by atoms with Gasteiger partial charge in [-0.25, -0.2) is 9.97 Å². The first-order valence-electron chi connectivity index (χ1n) is 11.9. The molecule has 0 aliphatic heterocycles. The molecule has 0 atom stereocenters. The fourth-order valence-electron chi connectivity index (χ4n) is 3.62. The Bertz CT molecular complexity index is 870. The maximum absolute atomic E-state index is 5.95. The van der Waals surface area contributed by atoms with Gasteiger partial charge in [0.15, 0.2) is 5.82 Å². The molecule has 0 unspecified atom stereocenters. The van der Waals surface area contributed by atoms with Crippen molar-refractivity contribution in [2.24, 2.45) is 0 Å². The van der Waals surface area contributed by atoms with Crippen LogP contribution in [0.3, 0.4) is 0 Å². The van der Waals surface area contributed by atoms with Gasteiger partial charge in [0.05, 0.1) is 0 Å². The van der Waals surface area contributed by atoms with Crippen molar-refractivity contribution < 1.29 is 4.74 Å². The topological polar surface area (TPSA) is 35.0 Å². The summed E-state index contributed by atoms with van der Waals surface area (Å²) >= 11 is 0. The summed E-state index contributed by atoms with van der Waals surface area (Å²) in [5.74, 6) is 1.63. The maximum atomic E-state index is 5.95. The third-order valence-corrected chi connectivity index (χ3v) is 5.63. The first-order valence-corrected chi connectivity index (χ1v) is 11.9. The molecule has 0 N–H and O–H groups in total. The molecule has 0 bridgehead atoms. The van der Waals surface area contributed by atoms with Gasteiger partial charge in [-0.05, 0) is 66.6 Å². The molecular formula is C28H36N2O. The van der Waals surface area contributed by atoms with Gasteiger partial charge in [0.25, 0.3) is 0 Å². The molecule has 0 aliphatic carbocycles. The summed E-state index contributed by atoms with van der Waals surface area (Å²) in [7, 11) is 0. The van der Waals surface area contributed by atoms with Crippen molar-refractivity contribution in [3.8, 4) is 17.1 Å². The lowest BCUT2D eigenvalue weighted by molar-refractivity contribution is 0.306. The second kappa shape index (κ2) is 12.9. The quantitative estimate of drug-likeness (QED) is 0.269. The Kier molecular flexibility index (Phi) is 9.56. The minimum Gasteiger partial charge on any atom is -0.489 e. The van der Waals surface area contributed by atoms with Crippen LogP contribution in [-0.2, 0) is 19.4 Å². The van der Waals surface area contributed by atoms with Gasteiger partial charge >= 0.3 is 0 Å². The van der Waals surface area contributed by atoms with Crippen LogP contribution in [0, 0.1) is 0 Å². The van der Waals surface area contributed by atoms with E-state index in [1.54, 1.807) is 0 Å². The molecule has 0 amide bonds. The summed E-state index contributed by atoms with van der Waals surface area (Å²) in [6.07, 6.45) is 15.1. The zero-order chi connectivity index (χ0) is 21.7. The summed E-state index contributed by atoms with van der Waals surface area (Å²) in [5.41, 5.74) is 4.83. The highest BCUT2D eigenvalue weighted by atomic mass is 16.5. The molecule has 1 heterocycles. The Labute approximate surface area is 187 Å². The largest absolute Gasteiger partial charge is 0.489 e. The maximum Gasteiger partial charge on any atom is 0.159 e. The van der Waals surface area contributed by atoms with Crippen molar-refractivity contribution in [3.63, 3.8) is 0 Å². The Morgan fingerprint density at radius 3 is 1.90 bits per heavy atom. The predicted octanol–water partition coefficient (Wildman–Crippen LogP) is 7.58. The summed E-state index contributed by atoms with van der Waals surface area (Å²) < 4.78 is 5.95. The fraction of sp³-hybridized carbons (Fsp3) is 0.429.